The minimum Gasteiger partial charge on any atom is -0.494 e. The molecule has 0 radical (unpaired) electrons. The zero-order valence-electron chi connectivity index (χ0n) is 26.6. The van der Waals surface area contributed by atoms with Crippen LogP contribution >= 0.6 is 23.1 Å². The van der Waals surface area contributed by atoms with Crippen LogP contribution in [0, 0.1) is 6.92 Å². The topological polar surface area (TPSA) is 87.7 Å². The van der Waals surface area contributed by atoms with Gasteiger partial charge in [-0.15, -0.1) is 11.8 Å². The molecule has 0 N–H and O–H groups in total. The van der Waals surface area contributed by atoms with E-state index >= 15 is 0 Å². The second-order valence-corrected chi connectivity index (χ2v) is 12.8. The second kappa shape index (κ2) is 13.8. The van der Waals surface area contributed by atoms with Crippen molar-refractivity contribution < 1.29 is 14.3 Å². The van der Waals surface area contributed by atoms with Crippen molar-refractivity contribution in [2.24, 2.45) is 4.99 Å². The number of benzene rings is 3. The van der Waals surface area contributed by atoms with Gasteiger partial charge in [-0.2, -0.15) is 5.10 Å². The van der Waals surface area contributed by atoms with Gasteiger partial charge in [-0.25, -0.2) is 14.5 Å². The maximum atomic E-state index is 14.4. The van der Waals surface area contributed by atoms with E-state index in [4.69, 9.17) is 19.6 Å². The van der Waals surface area contributed by atoms with Crippen molar-refractivity contribution in [2.45, 2.75) is 31.7 Å². The second-order valence-electron chi connectivity index (χ2n) is 10.9. The van der Waals surface area contributed by atoms with Gasteiger partial charge < -0.3 is 9.47 Å². The number of thiazole rings is 1. The Kier molecular flexibility index (Phi) is 9.42. The summed E-state index contributed by atoms with van der Waals surface area (Å²) in [6, 6.07) is 23.0. The third-order valence-corrected chi connectivity index (χ3v) is 9.53. The molecule has 3 aromatic carbocycles. The summed E-state index contributed by atoms with van der Waals surface area (Å²) < 4.78 is 15.1. The third kappa shape index (κ3) is 6.39. The summed E-state index contributed by atoms with van der Waals surface area (Å²) in [5.74, 6) is 0.286. The van der Waals surface area contributed by atoms with Gasteiger partial charge in [0.15, 0.2) is 4.80 Å². The van der Waals surface area contributed by atoms with Gasteiger partial charge in [0.05, 0.1) is 34.1 Å². The molecule has 0 saturated heterocycles. The average molecular weight is 663 g/mol. The number of nitrogens with zero attached hydrogens (tertiary/aromatic N) is 4. The third-order valence-electron chi connectivity index (χ3n) is 7.80. The quantitative estimate of drug-likeness (QED) is 0.0999. The number of hydrogen-bond acceptors (Lipinski definition) is 8. The molecule has 238 valence electrons. The van der Waals surface area contributed by atoms with Crippen LogP contribution in [0.1, 0.15) is 36.6 Å². The highest BCUT2D eigenvalue weighted by molar-refractivity contribution is 7.98. The molecule has 0 saturated carbocycles. The lowest BCUT2D eigenvalue weighted by molar-refractivity contribution is -0.138. The maximum absolute atomic E-state index is 14.4. The molecule has 8 nitrogen and oxygen atoms in total. The van der Waals surface area contributed by atoms with Crippen molar-refractivity contribution in [2.75, 3.05) is 19.5 Å². The molecule has 0 fully saturated rings. The number of aryl methyl sites for hydroxylation is 1. The van der Waals surface area contributed by atoms with Crippen LogP contribution in [-0.4, -0.2) is 39.8 Å². The van der Waals surface area contributed by atoms with Crippen LogP contribution in [0.2, 0.25) is 0 Å². The lowest BCUT2D eigenvalue weighted by Crippen LogP contribution is -2.39. The van der Waals surface area contributed by atoms with Gasteiger partial charge in [-0.3, -0.25) is 9.36 Å². The number of rotatable bonds is 10. The van der Waals surface area contributed by atoms with Crippen molar-refractivity contribution in [1.29, 1.82) is 0 Å². The Bertz CT molecular complexity index is 2180. The molecule has 1 aliphatic heterocycles. The van der Waals surface area contributed by atoms with E-state index in [1.54, 1.807) is 23.3 Å². The molecule has 47 heavy (non-hydrogen) atoms. The first kappa shape index (κ1) is 32.0. The van der Waals surface area contributed by atoms with Gasteiger partial charge >= 0.3 is 5.97 Å². The zero-order chi connectivity index (χ0) is 33.1. The van der Waals surface area contributed by atoms with Gasteiger partial charge in [0.1, 0.15) is 18.1 Å². The summed E-state index contributed by atoms with van der Waals surface area (Å²) in [5.41, 5.74) is 5.64. The number of allylic oxidation sites excluding steroid dienone is 1. The molecular formula is C37H34N4O4S2. The smallest absolute Gasteiger partial charge is 0.338 e. The average Bonchev–Trinajstić information content (AvgIpc) is 3.64. The van der Waals surface area contributed by atoms with Crippen LogP contribution in [0.25, 0.3) is 23.0 Å². The lowest BCUT2D eigenvalue weighted by Gasteiger charge is -2.24. The molecule has 10 heteroatoms. The van der Waals surface area contributed by atoms with Crippen molar-refractivity contribution in [3.05, 3.63) is 139 Å². The highest BCUT2D eigenvalue weighted by Crippen LogP contribution is 2.32. The molecule has 5 aromatic rings. The van der Waals surface area contributed by atoms with Crippen LogP contribution in [0.15, 0.2) is 118 Å². The number of thioether (sulfide) groups is 1. The Morgan fingerprint density at radius 2 is 1.85 bits per heavy atom. The van der Waals surface area contributed by atoms with Gasteiger partial charge in [-0.05, 0) is 86.7 Å². The minimum absolute atomic E-state index is 0.0529. The van der Waals surface area contributed by atoms with E-state index in [-0.39, 0.29) is 12.2 Å². The fourth-order valence-electron chi connectivity index (χ4n) is 5.58. The van der Waals surface area contributed by atoms with E-state index in [9.17, 15) is 9.59 Å². The summed E-state index contributed by atoms with van der Waals surface area (Å²) in [7, 11) is 0. The predicted molar refractivity (Wildman–Crippen MR) is 188 cm³/mol. The number of hydrogen-bond donors (Lipinski definition) is 0. The molecule has 3 heterocycles. The Morgan fingerprint density at radius 3 is 2.53 bits per heavy atom. The molecule has 1 aliphatic rings. The molecule has 1 unspecified atom stereocenters. The summed E-state index contributed by atoms with van der Waals surface area (Å²) >= 11 is 2.91. The molecule has 0 amide bonds. The molecule has 2 aromatic heterocycles. The normalized spacial score (nSPS) is 14.5. The van der Waals surface area contributed by atoms with E-state index in [0.29, 0.717) is 27.2 Å². The van der Waals surface area contributed by atoms with Crippen LogP contribution in [-0.2, 0) is 9.53 Å². The zero-order valence-corrected chi connectivity index (χ0v) is 28.2. The monoisotopic (exact) mass is 662 g/mol. The van der Waals surface area contributed by atoms with Crippen LogP contribution in [0.3, 0.4) is 0 Å². The van der Waals surface area contributed by atoms with Crippen LogP contribution < -0.4 is 19.6 Å². The van der Waals surface area contributed by atoms with Crippen molar-refractivity contribution in [1.82, 2.24) is 14.3 Å². The molecule has 6 rings (SSSR count). The summed E-state index contributed by atoms with van der Waals surface area (Å²) in [6.07, 6.45) is 7.31. The Labute approximate surface area is 281 Å². The fraction of sp³-hybridized carbons (Fsp3) is 0.189. The van der Waals surface area contributed by atoms with Gasteiger partial charge in [0, 0.05) is 22.2 Å². The number of esters is 1. The predicted octanol–water partition coefficient (Wildman–Crippen LogP) is 6.25. The number of fused-ring (bicyclic) bond motifs is 1. The molecule has 0 aliphatic carbocycles. The molecular weight excluding hydrogens is 629 g/mol. The summed E-state index contributed by atoms with van der Waals surface area (Å²) in [4.78, 5) is 34.1. The standard InChI is InChI=1S/C37H34N4O4S2/c1-6-19-45-36(43)32-24(4)38-37-41(34(32)25-13-16-29(46-5)17-14-25)35(42)31(47-37)21-27-22-40(28-11-9-8-10-12-28)39-33(27)26-15-18-30(44-7-2)23(3)20-26/h6,8-18,20-22,34H,1,7,19H2,2-5H3. The maximum Gasteiger partial charge on any atom is 0.338 e. The van der Waals surface area contributed by atoms with Gasteiger partial charge in [0.2, 0.25) is 0 Å². The summed E-state index contributed by atoms with van der Waals surface area (Å²) in [6.45, 7) is 10.0. The molecule has 0 bridgehead atoms. The number of ether oxygens (including phenoxy) is 2. The number of aromatic nitrogens is 3. The van der Waals surface area contributed by atoms with Crippen LogP contribution in [0.5, 0.6) is 5.75 Å². The van der Waals surface area contributed by atoms with E-state index in [1.807, 2.05) is 110 Å². The molecule has 0 spiro atoms. The first-order valence-electron chi connectivity index (χ1n) is 15.2. The Balaban J connectivity index is 1.54. The van der Waals surface area contributed by atoms with Gasteiger partial charge in [-0.1, -0.05) is 54.3 Å². The van der Waals surface area contributed by atoms with E-state index in [1.165, 1.54) is 17.4 Å². The largest absolute Gasteiger partial charge is 0.494 e. The summed E-state index contributed by atoms with van der Waals surface area (Å²) in [5, 5.41) is 4.97. The lowest BCUT2D eigenvalue weighted by atomic mass is 9.96. The fourth-order valence-corrected chi connectivity index (χ4v) is 7.03. The van der Waals surface area contributed by atoms with E-state index < -0.39 is 12.0 Å². The SMILES string of the molecule is C=CCOC(=O)C1=C(C)N=c2sc(=Cc3cn(-c4ccccc4)nc3-c3ccc(OCC)c(C)c3)c(=O)n2C1c1ccc(SC)cc1. The number of carbonyl (C=O) groups excluding carboxylic acids is 1. The number of para-hydroxylation sites is 1. The van der Waals surface area contributed by atoms with E-state index in [2.05, 4.69) is 6.58 Å². The van der Waals surface area contributed by atoms with Gasteiger partial charge in [0.25, 0.3) is 5.56 Å². The first-order chi connectivity index (χ1) is 22.8. The molecule has 1 atom stereocenters. The minimum atomic E-state index is -0.707. The van der Waals surface area contributed by atoms with Crippen molar-refractivity contribution >= 4 is 35.1 Å². The highest BCUT2D eigenvalue weighted by Gasteiger charge is 2.33. The first-order valence-corrected chi connectivity index (χ1v) is 17.2. The highest BCUT2D eigenvalue weighted by atomic mass is 32.2. The van der Waals surface area contributed by atoms with E-state index in [0.717, 1.165) is 44.3 Å². The van der Waals surface area contributed by atoms with Crippen molar-refractivity contribution in [3.63, 3.8) is 0 Å². The Morgan fingerprint density at radius 1 is 1.09 bits per heavy atom. The van der Waals surface area contributed by atoms with Crippen LogP contribution in [0.4, 0.5) is 0 Å². The number of carbonyl (C=O) groups is 1. The van der Waals surface area contributed by atoms with Crippen molar-refractivity contribution in [3.8, 4) is 22.7 Å². The Hall–Kier alpha value is -4.93.